The third-order valence-electron chi connectivity index (χ3n) is 3.38. The van der Waals surface area contributed by atoms with Crippen molar-refractivity contribution in [2.24, 2.45) is 0 Å². The first-order valence-corrected chi connectivity index (χ1v) is 6.70. The summed E-state index contributed by atoms with van der Waals surface area (Å²) in [6.07, 6.45) is 3.23. The van der Waals surface area contributed by atoms with Gasteiger partial charge >= 0.3 is 0 Å². The fourth-order valence-electron chi connectivity index (χ4n) is 2.41. The Hall–Kier alpha value is -1.28. The quantitative estimate of drug-likeness (QED) is 0.846. The molecule has 2 N–H and O–H groups in total. The second-order valence-electron chi connectivity index (χ2n) is 6.19. The fourth-order valence-corrected chi connectivity index (χ4v) is 2.41. The standard InChI is InChI=1S/C16H24N2/c1-11-6-7-12(2)15-14(11)13(10-17-15)8-9-18-16(3,4)5/h6-7,10,17-18H,8-9H2,1-5H3. The number of aromatic amines is 1. The fraction of sp³-hybridized carbons (Fsp3) is 0.500. The number of nitrogens with one attached hydrogen (secondary N) is 2. The molecule has 0 aliphatic carbocycles. The molecule has 0 radical (unpaired) electrons. The van der Waals surface area contributed by atoms with Crippen LogP contribution in [-0.4, -0.2) is 17.1 Å². The van der Waals surface area contributed by atoms with E-state index < -0.39 is 0 Å². The monoisotopic (exact) mass is 244 g/mol. The lowest BCUT2D eigenvalue weighted by Crippen LogP contribution is -2.37. The molecule has 2 heteroatoms. The summed E-state index contributed by atoms with van der Waals surface area (Å²) in [5, 5.41) is 4.95. The van der Waals surface area contributed by atoms with Gasteiger partial charge in [-0.1, -0.05) is 12.1 Å². The lowest BCUT2D eigenvalue weighted by atomic mass is 10.0. The topological polar surface area (TPSA) is 27.8 Å². The van der Waals surface area contributed by atoms with Crippen LogP contribution in [0.5, 0.6) is 0 Å². The van der Waals surface area contributed by atoms with Gasteiger partial charge < -0.3 is 10.3 Å². The summed E-state index contributed by atoms with van der Waals surface area (Å²) in [4.78, 5) is 3.42. The van der Waals surface area contributed by atoms with Crippen molar-refractivity contribution in [3.8, 4) is 0 Å². The molecule has 98 valence electrons. The largest absolute Gasteiger partial charge is 0.361 e. The minimum atomic E-state index is 0.192. The number of benzene rings is 1. The Morgan fingerprint density at radius 1 is 1.11 bits per heavy atom. The summed E-state index contributed by atoms with van der Waals surface area (Å²) in [5.41, 5.74) is 5.59. The highest BCUT2D eigenvalue weighted by Crippen LogP contribution is 2.25. The molecule has 1 aromatic heterocycles. The summed E-state index contributed by atoms with van der Waals surface area (Å²) in [7, 11) is 0. The van der Waals surface area contributed by atoms with Crippen LogP contribution in [0, 0.1) is 13.8 Å². The minimum Gasteiger partial charge on any atom is -0.361 e. The summed E-state index contributed by atoms with van der Waals surface area (Å²) < 4.78 is 0. The van der Waals surface area contributed by atoms with Crippen LogP contribution in [0.3, 0.4) is 0 Å². The van der Waals surface area contributed by atoms with E-state index in [0.29, 0.717) is 0 Å². The molecule has 0 atom stereocenters. The molecular formula is C16H24N2. The Morgan fingerprint density at radius 3 is 2.44 bits per heavy atom. The number of hydrogen-bond donors (Lipinski definition) is 2. The molecular weight excluding hydrogens is 220 g/mol. The van der Waals surface area contributed by atoms with E-state index in [1.807, 2.05) is 0 Å². The number of hydrogen-bond acceptors (Lipinski definition) is 1. The van der Waals surface area contributed by atoms with Crippen LogP contribution in [0.4, 0.5) is 0 Å². The number of fused-ring (bicyclic) bond motifs is 1. The van der Waals surface area contributed by atoms with E-state index in [1.165, 1.54) is 27.6 Å². The van der Waals surface area contributed by atoms with Crippen molar-refractivity contribution in [3.05, 3.63) is 35.0 Å². The zero-order valence-corrected chi connectivity index (χ0v) is 12.1. The first-order valence-electron chi connectivity index (χ1n) is 6.70. The van der Waals surface area contributed by atoms with E-state index in [4.69, 9.17) is 0 Å². The Balaban J connectivity index is 2.22. The molecule has 0 aliphatic rings. The normalized spacial score (nSPS) is 12.3. The van der Waals surface area contributed by atoms with Gasteiger partial charge in [0.05, 0.1) is 0 Å². The molecule has 0 spiro atoms. The van der Waals surface area contributed by atoms with Crippen LogP contribution in [0.25, 0.3) is 10.9 Å². The Morgan fingerprint density at radius 2 is 1.78 bits per heavy atom. The second-order valence-corrected chi connectivity index (χ2v) is 6.19. The molecule has 0 unspecified atom stereocenters. The third kappa shape index (κ3) is 2.75. The van der Waals surface area contributed by atoms with Crippen molar-refractivity contribution in [1.82, 2.24) is 10.3 Å². The smallest absolute Gasteiger partial charge is 0.0489 e. The molecule has 1 heterocycles. The average molecular weight is 244 g/mol. The van der Waals surface area contributed by atoms with Crippen LogP contribution in [-0.2, 0) is 6.42 Å². The van der Waals surface area contributed by atoms with Gasteiger partial charge in [0.2, 0.25) is 0 Å². The lowest BCUT2D eigenvalue weighted by molar-refractivity contribution is 0.430. The van der Waals surface area contributed by atoms with E-state index in [0.717, 1.165) is 13.0 Å². The number of aryl methyl sites for hydroxylation is 2. The predicted molar refractivity (Wildman–Crippen MR) is 79.2 cm³/mol. The SMILES string of the molecule is Cc1ccc(C)c2c(CCNC(C)(C)C)c[nH]c12. The zero-order chi connectivity index (χ0) is 13.3. The molecule has 2 nitrogen and oxygen atoms in total. The highest BCUT2D eigenvalue weighted by atomic mass is 14.9. The van der Waals surface area contributed by atoms with Gasteiger partial charge in [-0.05, 0) is 64.3 Å². The Bertz CT molecular complexity index is 544. The molecule has 2 rings (SSSR count). The van der Waals surface area contributed by atoms with E-state index in [-0.39, 0.29) is 5.54 Å². The highest BCUT2D eigenvalue weighted by Gasteiger charge is 2.11. The van der Waals surface area contributed by atoms with E-state index >= 15 is 0 Å². The van der Waals surface area contributed by atoms with Gasteiger partial charge in [0.1, 0.15) is 0 Å². The lowest BCUT2D eigenvalue weighted by Gasteiger charge is -2.20. The van der Waals surface area contributed by atoms with Crippen molar-refractivity contribution in [2.45, 2.75) is 46.6 Å². The van der Waals surface area contributed by atoms with Crippen molar-refractivity contribution in [3.63, 3.8) is 0 Å². The summed E-state index contributed by atoms with van der Waals surface area (Å²) in [6.45, 7) is 12.0. The van der Waals surface area contributed by atoms with E-state index in [1.54, 1.807) is 0 Å². The summed E-state index contributed by atoms with van der Waals surface area (Å²) in [6, 6.07) is 4.40. The predicted octanol–water partition coefficient (Wildman–Crippen LogP) is 3.72. The minimum absolute atomic E-state index is 0.192. The molecule has 0 saturated carbocycles. The van der Waals surface area contributed by atoms with E-state index in [9.17, 15) is 0 Å². The molecule has 0 bridgehead atoms. The molecule has 0 aliphatic heterocycles. The molecule has 0 amide bonds. The van der Waals surface area contributed by atoms with Gasteiger partial charge in [-0.2, -0.15) is 0 Å². The van der Waals surface area contributed by atoms with Crippen molar-refractivity contribution in [2.75, 3.05) is 6.54 Å². The maximum Gasteiger partial charge on any atom is 0.0489 e. The van der Waals surface area contributed by atoms with Crippen LogP contribution in [0.15, 0.2) is 18.3 Å². The molecule has 0 fully saturated rings. The molecule has 0 saturated heterocycles. The van der Waals surface area contributed by atoms with Gasteiger partial charge in [0.15, 0.2) is 0 Å². The maximum atomic E-state index is 3.55. The molecule has 1 aromatic carbocycles. The van der Waals surface area contributed by atoms with Crippen molar-refractivity contribution >= 4 is 10.9 Å². The second kappa shape index (κ2) is 4.77. The maximum absolute atomic E-state index is 3.55. The first kappa shape index (κ1) is 13.2. The number of rotatable bonds is 3. The van der Waals surface area contributed by atoms with Crippen LogP contribution < -0.4 is 5.32 Å². The van der Waals surface area contributed by atoms with Gasteiger partial charge in [-0.25, -0.2) is 0 Å². The van der Waals surface area contributed by atoms with Gasteiger partial charge in [-0.15, -0.1) is 0 Å². The third-order valence-corrected chi connectivity index (χ3v) is 3.38. The number of aromatic nitrogens is 1. The average Bonchev–Trinajstić information content (AvgIpc) is 2.67. The molecule has 18 heavy (non-hydrogen) atoms. The summed E-state index contributed by atoms with van der Waals surface area (Å²) in [5.74, 6) is 0. The van der Waals surface area contributed by atoms with Gasteiger partial charge in [-0.3, -0.25) is 0 Å². The zero-order valence-electron chi connectivity index (χ0n) is 12.1. The van der Waals surface area contributed by atoms with Crippen LogP contribution in [0.2, 0.25) is 0 Å². The Labute approximate surface area is 110 Å². The van der Waals surface area contributed by atoms with Crippen LogP contribution >= 0.6 is 0 Å². The molecule has 2 aromatic rings. The summed E-state index contributed by atoms with van der Waals surface area (Å²) >= 11 is 0. The van der Waals surface area contributed by atoms with Gasteiger partial charge in [0.25, 0.3) is 0 Å². The van der Waals surface area contributed by atoms with Crippen LogP contribution in [0.1, 0.15) is 37.5 Å². The highest BCUT2D eigenvalue weighted by molar-refractivity contribution is 5.88. The van der Waals surface area contributed by atoms with Gasteiger partial charge in [0, 0.05) is 22.6 Å². The Kier molecular flexibility index (Phi) is 3.49. The van der Waals surface area contributed by atoms with Crippen molar-refractivity contribution in [1.29, 1.82) is 0 Å². The number of H-pyrrole nitrogens is 1. The van der Waals surface area contributed by atoms with E-state index in [2.05, 4.69) is 63.2 Å². The van der Waals surface area contributed by atoms with Crippen molar-refractivity contribution < 1.29 is 0 Å². The first-order chi connectivity index (χ1) is 8.38.